The molecule has 4 aromatic carbocycles. The number of rotatable bonds is 10. The Bertz CT molecular complexity index is 2810. The van der Waals surface area contributed by atoms with Crippen LogP contribution < -0.4 is 15.6 Å². The van der Waals surface area contributed by atoms with Crippen LogP contribution in [-0.2, 0) is 35.1 Å². The maximum absolute atomic E-state index is 13.3. The highest BCUT2D eigenvalue weighted by atomic mass is 35.5. The number of halogens is 3. The summed E-state index contributed by atoms with van der Waals surface area (Å²) in [5.74, 6) is -1.05. The summed E-state index contributed by atoms with van der Waals surface area (Å²) in [4.78, 5) is 24.0. The molecular formula is C29H20Cl3N9O10S3. The highest BCUT2D eigenvalue weighted by Gasteiger charge is 2.36. The summed E-state index contributed by atoms with van der Waals surface area (Å²) in [5.41, 5.74) is 0.0124. The van der Waals surface area contributed by atoms with Crippen LogP contribution in [-0.4, -0.2) is 71.5 Å². The van der Waals surface area contributed by atoms with Crippen LogP contribution in [0.2, 0.25) is 15.3 Å². The van der Waals surface area contributed by atoms with Gasteiger partial charge in [0.15, 0.2) is 6.04 Å². The van der Waals surface area contributed by atoms with Crippen LogP contribution in [0.3, 0.4) is 0 Å². The molecule has 1 aromatic heterocycles. The van der Waals surface area contributed by atoms with E-state index in [1.165, 1.54) is 31.2 Å². The number of nitrogens with one attached hydrogen (secondary N) is 2. The summed E-state index contributed by atoms with van der Waals surface area (Å²) in [6.07, 6.45) is 0. The number of hydrogen-bond donors (Lipinski definition) is 5. The predicted molar refractivity (Wildman–Crippen MR) is 197 cm³/mol. The summed E-state index contributed by atoms with van der Waals surface area (Å²) in [5, 5.41) is 18.4. The molecule has 1 atom stereocenters. The number of hydrazone groups is 1. The van der Waals surface area contributed by atoms with Crippen LogP contribution in [0.4, 0.5) is 34.6 Å². The van der Waals surface area contributed by atoms with Gasteiger partial charge in [-0.05, 0) is 72.4 Å². The number of fused-ring (bicyclic) bond motifs is 1. The molecule has 0 fully saturated rings. The average Bonchev–Trinajstić information content (AvgIpc) is 3.34. The van der Waals surface area contributed by atoms with Crippen LogP contribution in [0.5, 0.6) is 0 Å². The number of benzene rings is 4. The summed E-state index contributed by atoms with van der Waals surface area (Å²) in [6.45, 7) is 1.40. The van der Waals surface area contributed by atoms with Crippen molar-refractivity contribution in [3.8, 4) is 0 Å². The van der Waals surface area contributed by atoms with Crippen LogP contribution >= 0.6 is 34.8 Å². The van der Waals surface area contributed by atoms with Crippen molar-refractivity contribution < 1.29 is 43.7 Å². The largest absolute Gasteiger partial charge is 0.324 e. The lowest BCUT2D eigenvalue weighted by Crippen LogP contribution is -2.30. The Balaban J connectivity index is 1.27. The fourth-order valence-corrected chi connectivity index (χ4v) is 7.60. The molecule has 19 nitrogen and oxygen atoms in total. The molecule has 0 radical (unpaired) electrons. The molecule has 5 aromatic rings. The van der Waals surface area contributed by atoms with E-state index in [9.17, 15) is 43.7 Å². The highest BCUT2D eigenvalue weighted by Crippen LogP contribution is 2.37. The zero-order chi connectivity index (χ0) is 39.3. The minimum absolute atomic E-state index is 0.0578. The zero-order valence-corrected chi connectivity index (χ0v) is 31.3. The molecular weight excluding hydrogens is 837 g/mol. The Morgan fingerprint density at radius 3 is 2.11 bits per heavy atom. The Morgan fingerprint density at radius 2 is 1.44 bits per heavy atom. The third kappa shape index (κ3) is 8.25. The lowest BCUT2D eigenvalue weighted by Gasteiger charge is -2.15. The van der Waals surface area contributed by atoms with E-state index in [2.05, 4.69) is 40.9 Å². The van der Waals surface area contributed by atoms with Gasteiger partial charge in [-0.15, -0.1) is 0 Å². The van der Waals surface area contributed by atoms with E-state index in [0.29, 0.717) is 16.5 Å². The highest BCUT2D eigenvalue weighted by molar-refractivity contribution is 7.86. The molecule has 54 heavy (non-hydrogen) atoms. The van der Waals surface area contributed by atoms with Gasteiger partial charge in [-0.2, -0.15) is 60.5 Å². The van der Waals surface area contributed by atoms with Crippen LogP contribution in [0.1, 0.15) is 6.92 Å². The molecule has 0 saturated carbocycles. The normalized spacial score (nSPS) is 15.2. The molecule has 6 rings (SSSR count). The van der Waals surface area contributed by atoms with Crippen molar-refractivity contribution in [3.05, 3.63) is 82.1 Å². The summed E-state index contributed by atoms with van der Waals surface area (Å²) >= 11 is 18.3. The first-order valence-electron chi connectivity index (χ1n) is 14.5. The Hall–Kier alpha value is -4.91. The van der Waals surface area contributed by atoms with Gasteiger partial charge in [-0.25, -0.2) is 0 Å². The smallest absolute Gasteiger partial charge is 0.296 e. The van der Waals surface area contributed by atoms with Gasteiger partial charge in [0.25, 0.3) is 36.3 Å². The number of hydrogen-bond acceptors (Lipinski definition) is 15. The van der Waals surface area contributed by atoms with E-state index in [1.54, 1.807) is 18.2 Å². The van der Waals surface area contributed by atoms with Gasteiger partial charge in [0.1, 0.15) is 15.5 Å². The van der Waals surface area contributed by atoms with E-state index in [4.69, 9.17) is 34.8 Å². The molecule has 25 heteroatoms. The molecule has 1 unspecified atom stereocenters. The first-order valence-corrected chi connectivity index (χ1v) is 20.0. The zero-order valence-electron chi connectivity index (χ0n) is 26.6. The second-order valence-electron chi connectivity index (χ2n) is 11.0. The molecule has 0 saturated heterocycles. The number of anilines is 5. The van der Waals surface area contributed by atoms with E-state index in [-0.39, 0.29) is 44.2 Å². The number of carbonyl (C=O) groups excluding carboxylic acids is 1. The number of amides is 1. The van der Waals surface area contributed by atoms with Crippen LogP contribution in [0.25, 0.3) is 10.8 Å². The first-order chi connectivity index (χ1) is 25.2. The molecule has 0 spiro atoms. The molecule has 1 aliphatic heterocycles. The van der Waals surface area contributed by atoms with Crippen molar-refractivity contribution >= 4 is 122 Å². The molecule has 2 heterocycles. The fourth-order valence-electron chi connectivity index (χ4n) is 4.99. The molecule has 0 aliphatic carbocycles. The molecule has 0 bridgehead atoms. The topological polar surface area (TPSA) is 283 Å². The molecule has 1 aliphatic rings. The van der Waals surface area contributed by atoms with Gasteiger partial charge in [-0.1, -0.05) is 41.4 Å². The minimum atomic E-state index is -4.88. The number of aromatic nitrogens is 3. The van der Waals surface area contributed by atoms with Crippen molar-refractivity contribution in [2.45, 2.75) is 27.7 Å². The van der Waals surface area contributed by atoms with E-state index in [1.807, 2.05) is 0 Å². The Morgan fingerprint density at radius 1 is 0.759 bits per heavy atom. The number of carbonyl (C=O) groups is 1. The lowest BCUT2D eigenvalue weighted by molar-refractivity contribution is -0.117. The van der Waals surface area contributed by atoms with Crippen LogP contribution in [0.15, 0.2) is 96.7 Å². The second-order valence-corrected chi connectivity index (χ2v) is 16.4. The quantitative estimate of drug-likeness (QED) is 0.0785. The van der Waals surface area contributed by atoms with E-state index in [0.717, 1.165) is 29.3 Å². The summed E-state index contributed by atoms with van der Waals surface area (Å²) in [7, 11) is -14.1. The van der Waals surface area contributed by atoms with E-state index >= 15 is 0 Å². The van der Waals surface area contributed by atoms with Crippen molar-refractivity contribution in [1.29, 1.82) is 0 Å². The maximum atomic E-state index is 13.3. The second kappa shape index (κ2) is 14.4. The lowest BCUT2D eigenvalue weighted by atomic mass is 10.1. The predicted octanol–water partition coefficient (Wildman–Crippen LogP) is 6.09. The monoisotopic (exact) mass is 855 g/mol. The average molecular weight is 857 g/mol. The van der Waals surface area contributed by atoms with Gasteiger partial charge in [0, 0.05) is 16.8 Å². The van der Waals surface area contributed by atoms with Crippen molar-refractivity contribution in [2.75, 3.05) is 15.6 Å². The van der Waals surface area contributed by atoms with Crippen LogP contribution in [0, 0.1) is 0 Å². The Kier molecular flexibility index (Phi) is 10.3. The maximum Gasteiger partial charge on any atom is 0.296 e. The third-order valence-corrected chi connectivity index (χ3v) is 10.9. The molecule has 280 valence electrons. The Labute approximate surface area is 320 Å². The van der Waals surface area contributed by atoms with E-state index < -0.39 is 62.8 Å². The van der Waals surface area contributed by atoms with Crippen molar-refractivity contribution in [2.24, 2.45) is 15.3 Å². The van der Waals surface area contributed by atoms with Gasteiger partial charge in [-0.3, -0.25) is 18.5 Å². The molecule has 5 N–H and O–H groups in total. The van der Waals surface area contributed by atoms with Gasteiger partial charge in [0.05, 0.1) is 26.3 Å². The first kappa shape index (κ1) is 38.8. The SMILES string of the molecule is CC1=NN(c2cc(Cl)c(S(=O)(=O)O)cc2Cl)C(=O)C1N=Nc1cc(Nc2nc(Cl)nc(Nc3cccc4cc(S(=O)(=O)O)ccc34)n2)ccc1S(=O)(=O)O. The minimum Gasteiger partial charge on any atom is -0.324 e. The standard InChI is InChI=1S/C29H20Cl3N9O10S3/c1-13-25(26(42)41(40-13)22-11-19(31)24(12-18(22)30)54(49,50)51)39-38-21-10-15(5-8-23(21)53(46,47)48)33-28-35-27(32)36-29(37-28)34-20-4-2-3-14-9-16(52(43,44)45)6-7-17(14)20/h2-12,25H,1H3,(H,43,44,45)(H,46,47,48)(H,49,50,51)(H2,33,34,35,36,37). The molecule has 1 amide bonds. The van der Waals surface area contributed by atoms with Crippen molar-refractivity contribution in [3.63, 3.8) is 0 Å². The third-order valence-electron chi connectivity index (χ3n) is 7.38. The van der Waals surface area contributed by atoms with Gasteiger partial charge in [0.2, 0.25) is 17.2 Å². The van der Waals surface area contributed by atoms with Gasteiger partial charge >= 0.3 is 0 Å². The fraction of sp³-hybridized carbons (Fsp3) is 0.0690. The summed E-state index contributed by atoms with van der Waals surface area (Å²) in [6, 6.07) is 12.6. The van der Waals surface area contributed by atoms with Crippen molar-refractivity contribution in [1.82, 2.24) is 15.0 Å². The number of azo groups is 1. The number of nitrogens with zero attached hydrogens (tertiary/aromatic N) is 7. The summed E-state index contributed by atoms with van der Waals surface area (Å²) < 4.78 is 99.5. The van der Waals surface area contributed by atoms with Gasteiger partial charge < -0.3 is 10.6 Å².